The molecule has 1 aromatic heterocycles. The lowest BCUT2D eigenvalue weighted by Crippen LogP contribution is -2.48. The van der Waals surface area contributed by atoms with E-state index in [0.717, 1.165) is 12.0 Å². The highest BCUT2D eigenvalue weighted by molar-refractivity contribution is 5.93. The van der Waals surface area contributed by atoms with Gasteiger partial charge < -0.3 is 19.5 Å². The third-order valence-corrected chi connectivity index (χ3v) is 5.64. The Bertz CT molecular complexity index is 865. The summed E-state index contributed by atoms with van der Waals surface area (Å²) in [6.07, 6.45) is 3.21. The second-order valence-electron chi connectivity index (χ2n) is 7.65. The van der Waals surface area contributed by atoms with E-state index in [1.807, 2.05) is 30.3 Å². The van der Waals surface area contributed by atoms with E-state index in [4.69, 9.17) is 4.42 Å². The van der Waals surface area contributed by atoms with E-state index in [1.54, 1.807) is 28.2 Å². The molecule has 7 nitrogen and oxygen atoms in total. The molecule has 1 N–H and O–H groups in total. The van der Waals surface area contributed by atoms with Gasteiger partial charge >= 0.3 is 0 Å². The number of amides is 3. The number of rotatable bonds is 6. The molecule has 29 heavy (non-hydrogen) atoms. The number of carbonyl (C=O) groups is 3. The fourth-order valence-corrected chi connectivity index (χ4v) is 4.14. The molecule has 2 aliphatic rings. The van der Waals surface area contributed by atoms with Crippen LogP contribution in [0.25, 0.3) is 0 Å². The molecule has 0 saturated carbocycles. The van der Waals surface area contributed by atoms with Crippen molar-refractivity contribution < 1.29 is 18.8 Å². The molecule has 152 valence electrons. The van der Waals surface area contributed by atoms with Crippen LogP contribution in [0.2, 0.25) is 0 Å². The molecule has 2 aliphatic heterocycles. The van der Waals surface area contributed by atoms with Gasteiger partial charge in [-0.3, -0.25) is 14.4 Å². The predicted molar refractivity (Wildman–Crippen MR) is 105 cm³/mol. The van der Waals surface area contributed by atoms with Gasteiger partial charge in [-0.05, 0) is 30.5 Å². The van der Waals surface area contributed by atoms with Gasteiger partial charge in [-0.15, -0.1) is 0 Å². The van der Waals surface area contributed by atoms with Crippen LogP contribution in [-0.2, 0) is 27.5 Å². The van der Waals surface area contributed by atoms with Crippen molar-refractivity contribution in [3.05, 3.63) is 60.1 Å². The zero-order chi connectivity index (χ0) is 20.2. The Hall–Kier alpha value is -3.09. The molecule has 3 amide bonds. The highest BCUT2D eigenvalue weighted by atomic mass is 16.3. The minimum Gasteiger partial charge on any atom is -0.467 e. The van der Waals surface area contributed by atoms with Gasteiger partial charge in [0.2, 0.25) is 17.7 Å². The summed E-state index contributed by atoms with van der Waals surface area (Å²) < 4.78 is 5.24. The van der Waals surface area contributed by atoms with Crippen molar-refractivity contribution >= 4 is 17.7 Å². The molecule has 4 rings (SSSR count). The standard InChI is InChI=1S/C22H25N3O4/c26-20-12-17(15-24(20)14-16-6-2-1-3-7-16)22(28)25-10-4-9-19(25)21(27)23-13-18-8-5-11-29-18/h1-3,5-8,11,17,19H,4,9-10,12-15H2,(H,23,27). The van der Waals surface area contributed by atoms with Gasteiger partial charge in [0.05, 0.1) is 18.7 Å². The maximum atomic E-state index is 13.1. The lowest BCUT2D eigenvalue weighted by molar-refractivity contribution is -0.141. The number of benzene rings is 1. The maximum absolute atomic E-state index is 13.1. The molecule has 2 aromatic rings. The topological polar surface area (TPSA) is 82.9 Å². The van der Waals surface area contributed by atoms with E-state index < -0.39 is 6.04 Å². The summed E-state index contributed by atoms with van der Waals surface area (Å²) in [5, 5.41) is 2.85. The predicted octanol–water partition coefficient (Wildman–Crippen LogP) is 1.94. The van der Waals surface area contributed by atoms with Gasteiger partial charge in [0.1, 0.15) is 11.8 Å². The van der Waals surface area contributed by atoms with Crippen LogP contribution < -0.4 is 5.32 Å². The Morgan fingerprint density at radius 2 is 1.97 bits per heavy atom. The molecule has 0 bridgehead atoms. The van der Waals surface area contributed by atoms with E-state index in [-0.39, 0.29) is 30.1 Å². The number of furan rings is 1. The summed E-state index contributed by atoms with van der Waals surface area (Å²) in [6, 6.07) is 12.9. The molecule has 7 heteroatoms. The van der Waals surface area contributed by atoms with E-state index in [2.05, 4.69) is 5.32 Å². The Morgan fingerprint density at radius 3 is 2.72 bits per heavy atom. The number of nitrogens with zero attached hydrogens (tertiary/aromatic N) is 2. The minimum absolute atomic E-state index is 0.00905. The first-order valence-electron chi connectivity index (χ1n) is 10.0. The monoisotopic (exact) mass is 395 g/mol. The molecule has 0 aliphatic carbocycles. The normalized spacial score (nSPS) is 21.6. The van der Waals surface area contributed by atoms with Crippen LogP contribution in [0.1, 0.15) is 30.6 Å². The van der Waals surface area contributed by atoms with Crippen LogP contribution in [-0.4, -0.2) is 46.7 Å². The SMILES string of the molecule is O=C(NCc1ccco1)C1CCCN1C(=O)C1CC(=O)N(Cc2ccccc2)C1. The van der Waals surface area contributed by atoms with Crippen LogP contribution in [0.5, 0.6) is 0 Å². The van der Waals surface area contributed by atoms with Crippen LogP contribution in [0, 0.1) is 5.92 Å². The first-order chi connectivity index (χ1) is 14.1. The summed E-state index contributed by atoms with van der Waals surface area (Å²) in [7, 11) is 0. The second kappa shape index (κ2) is 8.51. The third-order valence-electron chi connectivity index (χ3n) is 5.64. The zero-order valence-electron chi connectivity index (χ0n) is 16.3. The summed E-state index contributed by atoms with van der Waals surface area (Å²) in [5.74, 6) is 0.0179. The van der Waals surface area contributed by atoms with E-state index >= 15 is 0 Å². The van der Waals surface area contributed by atoms with Crippen LogP contribution in [0.15, 0.2) is 53.1 Å². The van der Waals surface area contributed by atoms with Crippen molar-refractivity contribution in [2.45, 2.75) is 38.4 Å². The number of likely N-dealkylation sites (tertiary alicyclic amines) is 2. The Morgan fingerprint density at radius 1 is 1.14 bits per heavy atom. The Kier molecular flexibility index (Phi) is 5.64. The van der Waals surface area contributed by atoms with Crippen molar-refractivity contribution in [2.75, 3.05) is 13.1 Å². The van der Waals surface area contributed by atoms with Gasteiger partial charge in [-0.25, -0.2) is 0 Å². The molecule has 0 spiro atoms. The van der Waals surface area contributed by atoms with Gasteiger partial charge in [-0.1, -0.05) is 30.3 Å². The lowest BCUT2D eigenvalue weighted by Gasteiger charge is -2.26. The molecule has 2 unspecified atom stereocenters. The van der Waals surface area contributed by atoms with Crippen LogP contribution >= 0.6 is 0 Å². The Labute approximate surface area is 169 Å². The molecule has 2 fully saturated rings. The lowest BCUT2D eigenvalue weighted by atomic mass is 10.1. The fraction of sp³-hybridized carbons (Fsp3) is 0.409. The van der Waals surface area contributed by atoms with E-state index in [1.165, 1.54) is 0 Å². The zero-order valence-corrected chi connectivity index (χ0v) is 16.3. The smallest absolute Gasteiger partial charge is 0.243 e. The molecular weight excluding hydrogens is 370 g/mol. The van der Waals surface area contributed by atoms with Crippen molar-refractivity contribution in [1.82, 2.24) is 15.1 Å². The average molecular weight is 395 g/mol. The number of nitrogens with one attached hydrogen (secondary N) is 1. The first-order valence-corrected chi connectivity index (χ1v) is 10.0. The van der Waals surface area contributed by atoms with Gasteiger partial charge in [0.25, 0.3) is 0 Å². The first kappa shape index (κ1) is 19.2. The third kappa shape index (κ3) is 4.34. The summed E-state index contributed by atoms with van der Waals surface area (Å²) in [5.41, 5.74) is 1.05. The molecule has 2 saturated heterocycles. The van der Waals surface area contributed by atoms with Crippen molar-refractivity contribution in [1.29, 1.82) is 0 Å². The summed E-state index contributed by atoms with van der Waals surface area (Å²) in [4.78, 5) is 41.5. The molecule has 3 heterocycles. The highest BCUT2D eigenvalue weighted by Crippen LogP contribution is 2.26. The van der Waals surface area contributed by atoms with Crippen LogP contribution in [0.4, 0.5) is 0 Å². The number of hydrogen-bond donors (Lipinski definition) is 1. The largest absolute Gasteiger partial charge is 0.467 e. The molecular formula is C22H25N3O4. The van der Waals surface area contributed by atoms with Crippen molar-refractivity contribution in [3.8, 4) is 0 Å². The fourth-order valence-electron chi connectivity index (χ4n) is 4.14. The molecule has 0 radical (unpaired) electrons. The van der Waals surface area contributed by atoms with Gasteiger partial charge in [0, 0.05) is 26.1 Å². The summed E-state index contributed by atoms with van der Waals surface area (Å²) in [6.45, 7) is 1.78. The second-order valence-corrected chi connectivity index (χ2v) is 7.65. The maximum Gasteiger partial charge on any atom is 0.243 e. The van der Waals surface area contributed by atoms with Gasteiger partial charge in [-0.2, -0.15) is 0 Å². The quantitative estimate of drug-likeness (QED) is 0.810. The van der Waals surface area contributed by atoms with Gasteiger partial charge in [0.15, 0.2) is 0 Å². The molecule has 2 atom stereocenters. The Balaban J connectivity index is 1.35. The highest BCUT2D eigenvalue weighted by Gasteiger charge is 2.41. The van der Waals surface area contributed by atoms with Crippen molar-refractivity contribution in [3.63, 3.8) is 0 Å². The van der Waals surface area contributed by atoms with Crippen LogP contribution in [0.3, 0.4) is 0 Å². The average Bonchev–Trinajstić information content (AvgIpc) is 3.48. The van der Waals surface area contributed by atoms with E-state index in [9.17, 15) is 14.4 Å². The molecule has 1 aromatic carbocycles. The minimum atomic E-state index is -0.476. The number of carbonyl (C=O) groups excluding carboxylic acids is 3. The van der Waals surface area contributed by atoms with Crippen molar-refractivity contribution in [2.24, 2.45) is 5.92 Å². The number of hydrogen-bond acceptors (Lipinski definition) is 4. The summed E-state index contributed by atoms with van der Waals surface area (Å²) >= 11 is 0. The van der Waals surface area contributed by atoms with E-state index in [0.29, 0.717) is 38.4 Å².